The Bertz CT molecular complexity index is 753. The number of nitro groups is 1. The van der Waals surface area contributed by atoms with Gasteiger partial charge in [0.25, 0.3) is 5.69 Å². The van der Waals surface area contributed by atoms with Gasteiger partial charge >= 0.3 is 5.97 Å². The highest BCUT2D eigenvalue weighted by Crippen LogP contribution is 2.19. The van der Waals surface area contributed by atoms with E-state index >= 15 is 0 Å². The van der Waals surface area contributed by atoms with E-state index in [1.165, 1.54) is 31.2 Å². The molecule has 28 heavy (non-hydrogen) atoms. The average molecular weight is 390 g/mol. The molecule has 7 nitrogen and oxygen atoms in total. The number of hydrogen-bond acceptors (Lipinski definition) is 6. The number of likely N-dealkylation sites (N-methyl/N-ethyl adjacent to an activating group) is 1. The van der Waals surface area contributed by atoms with Crippen LogP contribution in [0.25, 0.3) is 6.08 Å². The number of nitro benzene ring substituents is 1. The maximum Gasteiger partial charge on any atom is 0.342 e. The predicted octanol–water partition coefficient (Wildman–Crippen LogP) is 3.87. The van der Waals surface area contributed by atoms with E-state index in [1.807, 2.05) is 7.05 Å². The van der Waals surface area contributed by atoms with Gasteiger partial charge in [-0.25, -0.2) is 4.79 Å². The zero-order chi connectivity index (χ0) is 21.5. The molecule has 0 amide bonds. The minimum absolute atomic E-state index is 0.114. The summed E-state index contributed by atoms with van der Waals surface area (Å²) in [5.74, 6) is -0.614. The molecule has 0 aliphatic carbocycles. The molecule has 0 saturated heterocycles. The quantitative estimate of drug-likeness (QED) is 0.150. The van der Waals surface area contributed by atoms with E-state index in [0.29, 0.717) is 18.0 Å². The van der Waals surface area contributed by atoms with Crippen LogP contribution in [-0.4, -0.2) is 47.3 Å². The molecule has 154 valence electrons. The van der Waals surface area contributed by atoms with Crippen LogP contribution in [0.3, 0.4) is 0 Å². The highest BCUT2D eigenvalue weighted by molar-refractivity contribution is 6.19. The van der Waals surface area contributed by atoms with Gasteiger partial charge in [-0.3, -0.25) is 14.9 Å². The molecule has 0 aliphatic rings. The van der Waals surface area contributed by atoms with Crippen LogP contribution in [0.2, 0.25) is 0 Å². The highest BCUT2D eigenvalue weighted by Gasteiger charge is 2.28. The maximum atomic E-state index is 12.6. The number of Topliss-reactive ketones (excluding diaryl/α,β-unsaturated/α-hetero) is 1. The number of carbonyl (C=O) groups excluding carboxylic acids is 2. The molecule has 0 atom stereocenters. The molecule has 0 spiro atoms. The molecular weight excluding hydrogens is 360 g/mol. The van der Waals surface area contributed by atoms with E-state index in [1.54, 1.807) is 19.9 Å². The standard InChI is InChI=1S/C21H30N2O5/c1-15(2)10-11-22(6)14-21(4,5)28-20(25)19(16(3)24)13-17-8-7-9-18(12-17)23(26)27/h7-9,12-13,15H,10-11,14H2,1-6H3/b19-13+. The monoisotopic (exact) mass is 390 g/mol. The molecular formula is C21H30N2O5. The Labute approximate surface area is 166 Å². The molecule has 0 unspecified atom stereocenters. The van der Waals surface area contributed by atoms with Crippen LogP contribution in [0.4, 0.5) is 5.69 Å². The van der Waals surface area contributed by atoms with E-state index in [9.17, 15) is 19.7 Å². The number of ketones is 1. The molecule has 0 bridgehead atoms. The summed E-state index contributed by atoms with van der Waals surface area (Å²) in [6, 6.07) is 5.75. The summed E-state index contributed by atoms with van der Waals surface area (Å²) in [6.07, 6.45) is 2.36. The number of hydrogen-bond donors (Lipinski definition) is 0. The van der Waals surface area contributed by atoms with Crippen LogP contribution >= 0.6 is 0 Å². The van der Waals surface area contributed by atoms with Gasteiger partial charge in [0.1, 0.15) is 11.2 Å². The summed E-state index contributed by atoms with van der Waals surface area (Å²) >= 11 is 0. The van der Waals surface area contributed by atoms with Gasteiger partial charge in [0.05, 0.1) is 4.92 Å². The van der Waals surface area contributed by atoms with Crippen molar-refractivity contribution < 1.29 is 19.2 Å². The van der Waals surface area contributed by atoms with Gasteiger partial charge in [-0.05, 0) is 58.3 Å². The second kappa shape index (κ2) is 10.1. The second-order valence-electron chi connectivity index (χ2n) is 8.04. The van der Waals surface area contributed by atoms with Crippen molar-refractivity contribution >= 4 is 23.5 Å². The van der Waals surface area contributed by atoms with Crippen LogP contribution < -0.4 is 0 Å². The smallest absolute Gasteiger partial charge is 0.342 e. The van der Waals surface area contributed by atoms with Crippen LogP contribution in [0.15, 0.2) is 29.8 Å². The van der Waals surface area contributed by atoms with Crippen LogP contribution in [-0.2, 0) is 14.3 Å². The Morgan fingerprint density at radius 3 is 2.50 bits per heavy atom. The molecule has 0 aliphatic heterocycles. The molecule has 7 heteroatoms. The largest absolute Gasteiger partial charge is 0.455 e. The molecule has 0 N–H and O–H groups in total. The zero-order valence-electron chi connectivity index (χ0n) is 17.5. The number of esters is 1. The Hall–Kier alpha value is -2.54. The van der Waals surface area contributed by atoms with E-state index in [-0.39, 0.29) is 11.3 Å². The summed E-state index contributed by atoms with van der Waals surface area (Å²) in [5, 5.41) is 10.9. The summed E-state index contributed by atoms with van der Waals surface area (Å²) in [4.78, 5) is 37.1. The lowest BCUT2D eigenvalue weighted by Crippen LogP contribution is -2.41. The van der Waals surface area contributed by atoms with Gasteiger partial charge in [0, 0.05) is 18.7 Å². The summed E-state index contributed by atoms with van der Waals surface area (Å²) < 4.78 is 5.59. The van der Waals surface area contributed by atoms with E-state index < -0.39 is 22.3 Å². The van der Waals surface area contributed by atoms with Gasteiger partial charge in [-0.2, -0.15) is 0 Å². The number of carbonyl (C=O) groups is 2. The lowest BCUT2D eigenvalue weighted by Gasteiger charge is -2.30. The molecule has 1 aromatic rings. The Kier molecular flexibility index (Phi) is 8.50. The third-order valence-electron chi connectivity index (χ3n) is 4.10. The SMILES string of the molecule is CC(=O)/C(=C\c1cccc([N+](=O)[O-])c1)C(=O)OC(C)(C)CN(C)CCC(C)C. The van der Waals surface area contributed by atoms with Crippen LogP contribution in [0.1, 0.15) is 46.6 Å². The molecule has 1 aromatic carbocycles. The molecule has 0 fully saturated rings. The Balaban J connectivity index is 2.94. The zero-order valence-corrected chi connectivity index (χ0v) is 17.5. The van der Waals surface area contributed by atoms with Gasteiger partial charge in [0.15, 0.2) is 5.78 Å². The Morgan fingerprint density at radius 1 is 1.32 bits per heavy atom. The van der Waals surface area contributed by atoms with Gasteiger partial charge < -0.3 is 9.64 Å². The fourth-order valence-corrected chi connectivity index (χ4v) is 2.74. The first kappa shape index (κ1) is 23.5. The van der Waals surface area contributed by atoms with Crippen molar-refractivity contribution in [2.45, 2.75) is 46.6 Å². The molecule has 0 heterocycles. The summed E-state index contributed by atoms with van der Waals surface area (Å²) in [7, 11) is 1.96. The van der Waals surface area contributed by atoms with Crippen molar-refractivity contribution in [3.05, 3.63) is 45.5 Å². The second-order valence-corrected chi connectivity index (χ2v) is 8.04. The Morgan fingerprint density at radius 2 is 1.96 bits per heavy atom. The lowest BCUT2D eigenvalue weighted by molar-refractivity contribution is -0.384. The van der Waals surface area contributed by atoms with E-state index in [0.717, 1.165) is 13.0 Å². The fourth-order valence-electron chi connectivity index (χ4n) is 2.74. The summed E-state index contributed by atoms with van der Waals surface area (Å²) in [6.45, 7) is 10.6. The molecule has 0 saturated carbocycles. The van der Waals surface area contributed by atoms with Crippen molar-refractivity contribution in [1.82, 2.24) is 4.90 Å². The molecule has 0 aromatic heterocycles. The van der Waals surface area contributed by atoms with Gasteiger partial charge in [-0.1, -0.05) is 26.0 Å². The molecule has 1 rings (SSSR count). The average Bonchev–Trinajstić information content (AvgIpc) is 2.56. The van der Waals surface area contributed by atoms with E-state index in [2.05, 4.69) is 18.7 Å². The first-order valence-electron chi connectivity index (χ1n) is 9.30. The number of rotatable bonds is 10. The van der Waals surface area contributed by atoms with E-state index in [4.69, 9.17) is 4.74 Å². The highest BCUT2D eigenvalue weighted by atomic mass is 16.6. The lowest BCUT2D eigenvalue weighted by atomic mass is 10.1. The fraction of sp³-hybridized carbons (Fsp3) is 0.524. The normalized spacial score (nSPS) is 12.4. The molecule has 0 radical (unpaired) electrons. The number of benzene rings is 1. The summed E-state index contributed by atoms with van der Waals surface area (Å²) in [5.41, 5.74) is -0.654. The van der Waals surface area contributed by atoms with Gasteiger partial charge in [-0.15, -0.1) is 0 Å². The van der Waals surface area contributed by atoms with Crippen molar-refractivity contribution in [3.8, 4) is 0 Å². The first-order chi connectivity index (χ1) is 12.9. The van der Waals surface area contributed by atoms with Crippen LogP contribution in [0.5, 0.6) is 0 Å². The van der Waals surface area contributed by atoms with Crippen molar-refractivity contribution in [2.75, 3.05) is 20.1 Å². The maximum absolute atomic E-state index is 12.6. The minimum Gasteiger partial charge on any atom is -0.455 e. The van der Waals surface area contributed by atoms with Crippen molar-refractivity contribution in [1.29, 1.82) is 0 Å². The predicted molar refractivity (Wildman–Crippen MR) is 109 cm³/mol. The third-order valence-corrected chi connectivity index (χ3v) is 4.10. The van der Waals surface area contributed by atoms with Crippen molar-refractivity contribution in [2.24, 2.45) is 5.92 Å². The number of ether oxygens (including phenoxy) is 1. The van der Waals surface area contributed by atoms with Crippen LogP contribution in [0, 0.1) is 16.0 Å². The third kappa shape index (κ3) is 8.00. The number of nitrogens with zero attached hydrogens (tertiary/aromatic N) is 2. The minimum atomic E-state index is -0.792. The first-order valence-corrected chi connectivity index (χ1v) is 9.30. The van der Waals surface area contributed by atoms with Crippen molar-refractivity contribution in [3.63, 3.8) is 0 Å². The number of non-ortho nitro benzene ring substituents is 1. The van der Waals surface area contributed by atoms with Gasteiger partial charge in [0.2, 0.25) is 0 Å². The topological polar surface area (TPSA) is 89.8 Å².